The number of urea groups is 1. The lowest BCUT2D eigenvalue weighted by molar-refractivity contribution is -0.168. The molecule has 0 bridgehead atoms. The number of rotatable bonds is 20. The van der Waals surface area contributed by atoms with Crippen molar-refractivity contribution in [2.75, 3.05) is 6.54 Å². The van der Waals surface area contributed by atoms with Crippen molar-refractivity contribution >= 4 is 23.6 Å². The smallest absolute Gasteiger partial charge is 0.315 e. The first kappa shape index (κ1) is 41.1. The van der Waals surface area contributed by atoms with Crippen LogP contribution in [0.4, 0.5) is 4.79 Å². The van der Waals surface area contributed by atoms with Crippen molar-refractivity contribution in [2.24, 2.45) is 46.7 Å². The van der Waals surface area contributed by atoms with Crippen molar-refractivity contribution in [2.45, 2.75) is 163 Å². The predicted molar refractivity (Wildman–Crippen MR) is 189 cm³/mol. The average molecular weight is 694 g/mol. The van der Waals surface area contributed by atoms with Gasteiger partial charge in [0.05, 0.1) is 24.2 Å². The second-order valence-electron chi connectivity index (χ2n) is 17.0. The molecule has 2 saturated carbocycles. The molecule has 1 heterocycles. The Bertz CT molecular complexity index is 1110. The van der Waals surface area contributed by atoms with Gasteiger partial charge in [0, 0.05) is 6.54 Å². The van der Waals surface area contributed by atoms with Crippen molar-refractivity contribution in [1.29, 1.82) is 0 Å². The van der Waals surface area contributed by atoms with Crippen molar-refractivity contribution < 1.29 is 34.1 Å². The van der Waals surface area contributed by atoms with Gasteiger partial charge in [-0.05, 0) is 79.4 Å². The molecule has 2 aliphatic carbocycles. The number of carbonyl (C=O) groups is 4. The molecule has 8 atom stereocenters. The van der Waals surface area contributed by atoms with Gasteiger partial charge in [-0.3, -0.25) is 19.7 Å². The lowest BCUT2D eigenvalue weighted by Gasteiger charge is -2.38. The van der Waals surface area contributed by atoms with Gasteiger partial charge < -0.3 is 36.2 Å². The zero-order valence-electron chi connectivity index (χ0n) is 31.5. The highest BCUT2D eigenvalue weighted by atomic mass is 16.6. The molecule has 1 aliphatic heterocycles. The van der Waals surface area contributed by atoms with E-state index < -0.39 is 59.8 Å². The quantitative estimate of drug-likeness (QED) is 0.0825. The Hall–Kier alpha value is -2.28. The van der Waals surface area contributed by atoms with Crippen LogP contribution in [0.15, 0.2) is 0 Å². The van der Waals surface area contributed by atoms with E-state index in [0.717, 1.165) is 38.5 Å². The number of aliphatic hydroxyl groups excluding tert-OH is 2. The Kier molecular flexibility index (Phi) is 14.9. The first-order valence-corrected chi connectivity index (χ1v) is 18.8. The molecule has 0 aromatic carbocycles. The Morgan fingerprint density at radius 1 is 0.898 bits per heavy atom. The van der Waals surface area contributed by atoms with Crippen LogP contribution in [0.5, 0.6) is 0 Å². The fourth-order valence-corrected chi connectivity index (χ4v) is 7.17. The minimum absolute atomic E-state index is 0.00298. The van der Waals surface area contributed by atoms with Gasteiger partial charge in [0.2, 0.25) is 11.7 Å². The molecule has 3 fully saturated rings. The number of carbonyl (C=O) groups excluding carboxylic acids is 4. The molecule has 0 aromatic rings. The highest BCUT2D eigenvalue weighted by Gasteiger charge is 2.47. The summed E-state index contributed by atoms with van der Waals surface area (Å²) in [6.45, 7) is 18.2. The van der Waals surface area contributed by atoms with Gasteiger partial charge in [0.25, 0.3) is 5.91 Å². The van der Waals surface area contributed by atoms with E-state index in [0.29, 0.717) is 43.6 Å². The SMILES string of the molecule is CCCC(NC(O)[C@@H]1C[C@@H](C(C)CCC(C)C)CN1C(=O)[C@@H](NC(=O)N[C@@H](C(C)C)C(O)OC(C1CC1)C1CC1)C(C)(C)C)C(=O)C(N)=O. The van der Waals surface area contributed by atoms with Gasteiger partial charge in [0.15, 0.2) is 6.29 Å². The van der Waals surface area contributed by atoms with E-state index in [2.05, 4.69) is 36.7 Å². The molecule has 12 nitrogen and oxygen atoms in total. The number of hydrogen-bond acceptors (Lipinski definition) is 8. The first-order valence-electron chi connectivity index (χ1n) is 18.8. The van der Waals surface area contributed by atoms with Gasteiger partial charge in [-0.15, -0.1) is 0 Å². The number of ketones is 1. The molecular weight excluding hydrogens is 626 g/mol. The van der Waals surface area contributed by atoms with E-state index in [4.69, 9.17) is 10.5 Å². The van der Waals surface area contributed by atoms with Crippen molar-refractivity contribution in [3.8, 4) is 0 Å². The van der Waals surface area contributed by atoms with Crippen LogP contribution >= 0.6 is 0 Å². The molecule has 49 heavy (non-hydrogen) atoms. The molecule has 1 saturated heterocycles. The van der Waals surface area contributed by atoms with Gasteiger partial charge in [-0.25, -0.2) is 4.79 Å². The maximum absolute atomic E-state index is 14.5. The molecule has 7 N–H and O–H groups in total. The van der Waals surface area contributed by atoms with Gasteiger partial charge in [-0.2, -0.15) is 0 Å². The van der Waals surface area contributed by atoms with Crippen LogP contribution in [-0.2, 0) is 19.1 Å². The Morgan fingerprint density at radius 3 is 1.96 bits per heavy atom. The van der Waals surface area contributed by atoms with E-state index >= 15 is 0 Å². The second-order valence-corrected chi connectivity index (χ2v) is 17.0. The number of primary amides is 1. The Morgan fingerprint density at radius 2 is 1.49 bits per heavy atom. The maximum Gasteiger partial charge on any atom is 0.315 e. The zero-order chi connectivity index (χ0) is 36.8. The zero-order valence-corrected chi connectivity index (χ0v) is 31.5. The van der Waals surface area contributed by atoms with Gasteiger partial charge in [-0.1, -0.05) is 81.6 Å². The van der Waals surface area contributed by atoms with Crippen molar-refractivity contribution in [3.05, 3.63) is 0 Å². The molecule has 0 aromatic heterocycles. The summed E-state index contributed by atoms with van der Waals surface area (Å²) in [5, 5.41) is 31.4. The third-order valence-electron chi connectivity index (χ3n) is 10.7. The summed E-state index contributed by atoms with van der Waals surface area (Å²) in [4.78, 5) is 54.1. The fraction of sp³-hybridized carbons (Fsp3) is 0.892. The van der Waals surface area contributed by atoms with Crippen LogP contribution in [-0.4, -0.2) is 88.1 Å². The third-order valence-corrected chi connectivity index (χ3v) is 10.7. The fourth-order valence-electron chi connectivity index (χ4n) is 7.17. The third kappa shape index (κ3) is 11.9. The number of ether oxygens (including phenoxy) is 1. The molecule has 12 heteroatoms. The van der Waals surface area contributed by atoms with Crippen molar-refractivity contribution in [3.63, 3.8) is 0 Å². The molecule has 3 rings (SSSR count). The van der Waals surface area contributed by atoms with Crippen molar-refractivity contribution in [1.82, 2.24) is 20.9 Å². The predicted octanol–water partition coefficient (Wildman–Crippen LogP) is 3.67. The lowest BCUT2D eigenvalue weighted by atomic mass is 9.85. The standard InChI is InChI=1S/C37H67N5O7/c1-10-11-26(29(43)32(38)44)39-33(45)27-18-25(22(6)13-12-20(2)3)19-42(27)34(46)31(37(7,8)9)41-36(48)40-28(21(4)5)35(47)49-30(23-14-15-23)24-16-17-24/h20-28,30-31,33,35,39,45,47H,10-19H2,1-9H3,(H2,38,44)(H2,40,41,48)/t22?,25-,26?,27+,28+,31-,33?,35?/m1/s1. The maximum atomic E-state index is 14.5. The molecule has 3 aliphatic rings. The van der Waals surface area contributed by atoms with Gasteiger partial charge in [0.1, 0.15) is 12.3 Å². The van der Waals surface area contributed by atoms with Crippen LogP contribution in [0.3, 0.4) is 0 Å². The van der Waals surface area contributed by atoms with E-state index in [1.54, 1.807) is 4.90 Å². The minimum atomic E-state index is -1.30. The summed E-state index contributed by atoms with van der Waals surface area (Å²) in [7, 11) is 0. The number of likely N-dealkylation sites (tertiary alicyclic amines) is 1. The number of amides is 4. The monoisotopic (exact) mass is 694 g/mol. The molecular formula is C37H67N5O7. The van der Waals surface area contributed by atoms with Crippen LogP contribution in [0.1, 0.15) is 120 Å². The molecule has 0 radical (unpaired) electrons. The lowest BCUT2D eigenvalue weighted by Crippen LogP contribution is -2.62. The number of Topliss-reactive ketones (excluding diaryl/α,β-unsaturated/α-hetero) is 1. The number of nitrogens with zero attached hydrogens (tertiary/aromatic N) is 1. The summed E-state index contributed by atoms with van der Waals surface area (Å²) >= 11 is 0. The Labute approximate surface area is 294 Å². The summed E-state index contributed by atoms with van der Waals surface area (Å²) in [5.74, 6) is -0.566. The van der Waals surface area contributed by atoms with E-state index in [1.165, 1.54) is 0 Å². The summed E-state index contributed by atoms with van der Waals surface area (Å²) in [5.41, 5.74) is 4.60. The summed E-state index contributed by atoms with van der Waals surface area (Å²) in [6.07, 6.45) is 5.29. The highest BCUT2D eigenvalue weighted by Crippen LogP contribution is 2.46. The molecule has 0 spiro atoms. The summed E-state index contributed by atoms with van der Waals surface area (Å²) in [6, 6.07) is -3.92. The number of aliphatic hydroxyl groups is 2. The average Bonchev–Trinajstić information content (AvgIpc) is 3.96. The van der Waals surface area contributed by atoms with Gasteiger partial charge >= 0.3 is 6.03 Å². The number of hydrogen-bond donors (Lipinski definition) is 6. The minimum Gasteiger partial charge on any atom is -0.376 e. The van der Waals surface area contributed by atoms with Crippen LogP contribution in [0, 0.1) is 40.9 Å². The number of nitrogens with one attached hydrogen (secondary N) is 3. The normalized spacial score (nSPS) is 23.7. The molecule has 4 unspecified atom stereocenters. The summed E-state index contributed by atoms with van der Waals surface area (Å²) < 4.78 is 6.16. The highest BCUT2D eigenvalue weighted by molar-refractivity contribution is 6.37. The first-order chi connectivity index (χ1) is 22.8. The van der Waals surface area contributed by atoms with E-state index in [9.17, 15) is 29.4 Å². The Balaban J connectivity index is 1.81. The molecule has 4 amide bonds. The topological polar surface area (TPSA) is 183 Å². The van der Waals surface area contributed by atoms with E-state index in [1.807, 2.05) is 41.5 Å². The second kappa shape index (κ2) is 17.8. The van der Waals surface area contributed by atoms with Crippen LogP contribution < -0.4 is 21.7 Å². The van der Waals surface area contributed by atoms with Crippen LogP contribution in [0.2, 0.25) is 0 Å². The largest absolute Gasteiger partial charge is 0.376 e. The van der Waals surface area contributed by atoms with E-state index in [-0.39, 0.29) is 29.8 Å². The number of nitrogens with two attached hydrogens (primary N) is 1. The van der Waals surface area contributed by atoms with Crippen LogP contribution in [0.25, 0.3) is 0 Å². The molecule has 282 valence electrons.